The van der Waals surface area contributed by atoms with E-state index in [1.165, 1.54) is 25.0 Å². The molecule has 176 valence electrons. The number of unbranched alkanes of at least 4 members (excludes halogenated alkanes) is 1. The minimum atomic E-state index is -4.41. The number of ether oxygens (including phenoxy) is 1. The molecule has 0 spiro atoms. The van der Waals surface area contributed by atoms with Crippen LogP contribution in [0.1, 0.15) is 57.4 Å². The molecular weight excluding hydrogens is 409 g/mol. The normalized spacial score (nSPS) is 19.5. The van der Waals surface area contributed by atoms with E-state index in [1.807, 2.05) is 0 Å². The molecule has 31 heavy (non-hydrogen) atoms. The summed E-state index contributed by atoms with van der Waals surface area (Å²) in [5.41, 5.74) is -0.769. The van der Waals surface area contributed by atoms with Gasteiger partial charge in [0.1, 0.15) is 5.75 Å². The molecule has 8 heteroatoms. The maximum Gasteiger partial charge on any atom is 0.416 e. The van der Waals surface area contributed by atoms with Gasteiger partial charge in [-0.1, -0.05) is 19.8 Å². The summed E-state index contributed by atoms with van der Waals surface area (Å²) in [7, 11) is 1.69. The first-order chi connectivity index (χ1) is 14.7. The van der Waals surface area contributed by atoms with Crippen molar-refractivity contribution in [1.29, 1.82) is 0 Å². The molecule has 0 aliphatic heterocycles. The number of benzene rings is 1. The molecule has 0 saturated heterocycles. The Morgan fingerprint density at radius 1 is 1.10 bits per heavy atom. The molecule has 0 radical (unpaired) electrons. The average molecular weight is 445 g/mol. The van der Waals surface area contributed by atoms with Crippen LogP contribution in [-0.2, 0) is 6.18 Å². The smallest absolute Gasteiger partial charge is 0.410 e. The van der Waals surface area contributed by atoms with Crippen LogP contribution in [0.3, 0.4) is 0 Å². The Morgan fingerprint density at radius 2 is 1.74 bits per heavy atom. The van der Waals surface area contributed by atoms with Gasteiger partial charge in [0.25, 0.3) is 0 Å². The minimum Gasteiger partial charge on any atom is -0.410 e. The second-order valence-electron chi connectivity index (χ2n) is 8.33. The SMILES string of the molecule is CCN(CCO)CCCCC1CCC(N(C)C(=O)Oc2ccc(C(F)(F)F)cc2)CC1. The Hall–Kier alpha value is -1.80. The number of alkyl halides is 3. The number of carbonyl (C=O) groups is 1. The number of aliphatic hydroxyl groups is 1. The lowest BCUT2D eigenvalue weighted by Crippen LogP contribution is -2.41. The van der Waals surface area contributed by atoms with E-state index < -0.39 is 17.8 Å². The Bertz CT molecular complexity index is 659. The van der Waals surface area contributed by atoms with E-state index in [4.69, 9.17) is 9.84 Å². The highest BCUT2D eigenvalue weighted by molar-refractivity contribution is 5.70. The lowest BCUT2D eigenvalue weighted by Gasteiger charge is -2.34. The van der Waals surface area contributed by atoms with Crippen molar-refractivity contribution in [2.45, 2.75) is 64.1 Å². The van der Waals surface area contributed by atoms with Gasteiger partial charge in [0, 0.05) is 19.6 Å². The van der Waals surface area contributed by atoms with Gasteiger partial charge in [-0.25, -0.2) is 4.79 Å². The molecule has 0 unspecified atom stereocenters. The third-order valence-electron chi connectivity index (χ3n) is 6.24. The number of carbonyl (C=O) groups excluding carboxylic acids is 1. The minimum absolute atomic E-state index is 0.0957. The fraction of sp³-hybridized carbons (Fsp3) is 0.696. The van der Waals surface area contributed by atoms with E-state index in [9.17, 15) is 18.0 Å². The maximum absolute atomic E-state index is 12.6. The standard InChI is InChI=1S/C23H35F3N2O3/c1-3-28(16-17-29)15-5-4-6-18-7-11-20(12-8-18)27(2)22(30)31-21-13-9-19(10-14-21)23(24,25)26/h9-10,13-14,18,20,29H,3-8,11-12,15-17H2,1-2H3. The molecule has 1 fully saturated rings. The van der Waals surface area contributed by atoms with Crippen molar-refractivity contribution in [3.05, 3.63) is 29.8 Å². The van der Waals surface area contributed by atoms with Gasteiger partial charge in [-0.2, -0.15) is 13.2 Å². The zero-order valence-corrected chi connectivity index (χ0v) is 18.5. The van der Waals surface area contributed by atoms with Crippen LogP contribution in [0.5, 0.6) is 5.75 Å². The van der Waals surface area contributed by atoms with Crippen molar-refractivity contribution >= 4 is 6.09 Å². The quantitative estimate of drug-likeness (QED) is 0.506. The molecule has 1 N–H and O–H groups in total. The van der Waals surface area contributed by atoms with Crippen LogP contribution in [-0.4, -0.2) is 60.3 Å². The van der Waals surface area contributed by atoms with Gasteiger partial charge in [-0.15, -0.1) is 0 Å². The number of hydrogen-bond donors (Lipinski definition) is 1. The Kier molecular flexibility index (Phi) is 10.1. The third kappa shape index (κ3) is 8.33. The number of halogens is 3. The number of amides is 1. The number of nitrogens with zero attached hydrogens (tertiary/aromatic N) is 2. The van der Waals surface area contributed by atoms with Gasteiger partial charge >= 0.3 is 12.3 Å². The van der Waals surface area contributed by atoms with Crippen molar-refractivity contribution in [1.82, 2.24) is 9.80 Å². The van der Waals surface area contributed by atoms with Crippen molar-refractivity contribution in [3.63, 3.8) is 0 Å². The summed E-state index contributed by atoms with van der Waals surface area (Å²) >= 11 is 0. The molecule has 5 nitrogen and oxygen atoms in total. The fourth-order valence-electron chi connectivity index (χ4n) is 4.19. The highest BCUT2D eigenvalue weighted by Gasteiger charge is 2.31. The van der Waals surface area contributed by atoms with Crippen molar-refractivity contribution < 1.29 is 27.8 Å². The molecule has 1 aromatic rings. The first kappa shape index (κ1) is 25.5. The highest BCUT2D eigenvalue weighted by Crippen LogP contribution is 2.32. The molecule has 1 aliphatic rings. The van der Waals surface area contributed by atoms with Gasteiger partial charge < -0.3 is 19.6 Å². The molecule has 1 saturated carbocycles. The van der Waals surface area contributed by atoms with Crippen molar-refractivity contribution in [3.8, 4) is 5.75 Å². The molecule has 2 rings (SSSR count). The third-order valence-corrected chi connectivity index (χ3v) is 6.24. The highest BCUT2D eigenvalue weighted by atomic mass is 19.4. The second kappa shape index (κ2) is 12.3. The monoisotopic (exact) mass is 444 g/mol. The number of hydrogen-bond acceptors (Lipinski definition) is 4. The van der Waals surface area contributed by atoms with Crippen molar-refractivity contribution in [2.75, 3.05) is 33.3 Å². The maximum atomic E-state index is 12.6. The van der Waals surface area contributed by atoms with Gasteiger partial charge in [-0.3, -0.25) is 0 Å². The number of likely N-dealkylation sites (N-methyl/N-ethyl adjacent to an activating group) is 1. The Balaban J connectivity index is 1.70. The van der Waals surface area contributed by atoms with Crippen LogP contribution in [0, 0.1) is 5.92 Å². The lowest BCUT2D eigenvalue weighted by molar-refractivity contribution is -0.137. The van der Waals surface area contributed by atoms with E-state index in [2.05, 4.69) is 11.8 Å². The summed E-state index contributed by atoms with van der Waals surface area (Å²) in [6.45, 7) is 5.02. The Morgan fingerprint density at radius 3 is 2.29 bits per heavy atom. The first-order valence-electron chi connectivity index (χ1n) is 11.2. The molecule has 1 amide bonds. The lowest BCUT2D eigenvalue weighted by atomic mass is 9.82. The van der Waals surface area contributed by atoms with Crippen LogP contribution in [0.15, 0.2) is 24.3 Å². The summed E-state index contributed by atoms with van der Waals surface area (Å²) in [6.07, 6.45) is 2.50. The van der Waals surface area contributed by atoms with Crippen LogP contribution in [0.2, 0.25) is 0 Å². The number of aliphatic hydroxyl groups excluding tert-OH is 1. The average Bonchev–Trinajstić information content (AvgIpc) is 2.75. The van der Waals surface area contributed by atoms with E-state index in [1.54, 1.807) is 11.9 Å². The summed E-state index contributed by atoms with van der Waals surface area (Å²) in [6, 6.07) is 4.27. The summed E-state index contributed by atoms with van der Waals surface area (Å²) in [5, 5.41) is 9.04. The van der Waals surface area contributed by atoms with Crippen LogP contribution in [0.4, 0.5) is 18.0 Å². The van der Waals surface area contributed by atoms with E-state index in [0.717, 1.165) is 63.9 Å². The molecule has 0 aromatic heterocycles. The molecule has 1 aliphatic carbocycles. The molecule has 1 aromatic carbocycles. The predicted octanol–water partition coefficient (Wildman–Crippen LogP) is 5.18. The van der Waals surface area contributed by atoms with Crippen molar-refractivity contribution in [2.24, 2.45) is 5.92 Å². The number of rotatable bonds is 10. The predicted molar refractivity (Wildman–Crippen MR) is 114 cm³/mol. The van der Waals surface area contributed by atoms with E-state index in [-0.39, 0.29) is 18.4 Å². The Labute approximate surface area is 183 Å². The molecule has 0 atom stereocenters. The fourth-order valence-corrected chi connectivity index (χ4v) is 4.19. The largest absolute Gasteiger partial charge is 0.416 e. The van der Waals surface area contributed by atoms with E-state index in [0.29, 0.717) is 5.92 Å². The first-order valence-corrected chi connectivity index (χ1v) is 11.2. The van der Waals surface area contributed by atoms with Gasteiger partial charge in [-0.05, 0) is 75.4 Å². The summed E-state index contributed by atoms with van der Waals surface area (Å²) < 4.78 is 43.2. The summed E-state index contributed by atoms with van der Waals surface area (Å²) in [4.78, 5) is 16.2. The molecule has 0 heterocycles. The molecule has 0 bridgehead atoms. The van der Waals surface area contributed by atoms with Gasteiger partial charge in [0.15, 0.2) is 0 Å². The van der Waals surface area contributed by atoms with Crippen LogP contribution in [0.25, 0.3) is 0 Å². The zero-order valence-electron chi connectivity index (χ0n) is 18.5. The second-order valence-corrected chi connectivity index (χ2v) is 8.33. The molecular formula is C23H35F3N2O3. The van der Waals surface area contributed by atoms with Gasteiger partial charge in [0.2, 0.25) is 0 Å². The van der Waals surface area contributed by atoms with Gasteiger partial charge in [0.05, 0.1) is 12.2 Å². The zero-order chi connectivity index (χ0) is 22.9. The summed E-state index contributed by atoms with van der Waals surface area (Å²) in [5.74, 6) is 0.782. The van der Waals surface area contributed by atoms with E-state index >= 15 is 0 Å². The topological polar surface area (TPSA) is 53.0 Å². The van der Waals surface area contributed by atoms with Crippen LogP contribution < -0.4 is 4.74 Å². The van der Waals surface area contributed by atoms with Crippen LogP contribution >= 0.6 is 0 Å².